The number of carbonyl (C=O) groups is 1. The van der Waals surface area contributed by atoms with E-state index in [4.69, 9.17) is 4.74 Å². The van der Waals surface area contributed by atoms with Gasteiger partial charge >= 0.3 is 0 Å². The average Bonchev–Trinajstić information content (AvgIpc) is 2.67. The number of nitrogens with one attached hydrogen (secondary N) is 1. The summed E-state index contributed by atoms with van der Waals surface area (Å²) >= 11 is 0. The number of rotatable bonds is 5. The van der Waals surface area contributed by atoms with E-state index in [0.717, 1.165) is 18.7 Å². The Balaban J connectivity index is 1.51. The summed E-state index contributed by atoms with van der Waals surface area (Å²) in [6.07, 6.45) is 6.28. The van der Waals surface area contributed by atoms with Gasteiger partial charge in [0.05, 0.1) is 18.8 Å². The molecule has 4 nitrogen and oxygen atoms in total. The van der Waals surface area contributed by atoms with Crippen molar-refractivity contribution in [2.75, 3.05) is 26.2 Å². The fraction of sp³-hybridized carbons (Fsp3) is 0.650. The summed E-state index contributed by atoms with van der Waals surface area (Å²) in [5.74, 6) is 0.499. The molecule has 1 aromatic rings. The number of hydrogen-bond acceptors (Lipinski definition) is 3. The molecule has 2 fully saturated rings. The van der Waals surface area contributed by atoms with Gasteiger partial charge in [-0.05, 0) is 43.4 Å². The van der Waals surface area contributed by atoms with E-state index in [1.54, 1.807) is 12.1 Å². The van der Waals surface area contributed by atoms with Crippen LogP contribution in [-0.2, 0) is 9.53 Å². The minimum atomic E-state index is -0.244. The molecule has 3 rings (SSSR count). The highest BCUT2D eigenvalue weighted by atomic mass is 19.1. The maximum absolute atomic E-state index is 13.1. The molecule has 1 saturated carbocycles. The number of nitrogens with zero attached hydrogens (tertiary/aromatic N) is 1. The van der Waals surface area contributed by atoms with E-state index in [1.165, 1.54) is 44.2 Å². The standard InChI is InChI=1S/C20H29FN2O2/c1-15(20(24)22-13-16-5-3-2-4-6-16)23-11-12-25-19(14-23)17-7-9-18(21)10-8-17/h7-10,15-16,19H,2-6,11-14H2,1H3,(H,22,24). The topological polar surface area (TPSA) is 41.6 Å². The lowest BCUT2D eigenvalue weighted by atomic mass is 9.89. The van der Waals surface area contributed by atoms with Crippen LogP contribution in [0.5, 0.6) is 0 Å². The lowest BCUT2D eigenvalue weighted by molar-refractivity contribution is -0.129. The van der Waals surface area contributed by atoms with E-state index in [0.29, 0.717) is 19.1 Å². The Hall–Kier alpha value is -1.46. The maximum Gasteiger partial charge on any atom is 0.237 e. The van der Waals surface area contributed by atoms with Crippen molar-refractivity contribution in [3.63, 3.8) is 0 Å². The van der Waals surface area contributed by atoms with Crippen LogP contribution in [0.4, 0.5) is 4.39 Å². The summed E-state index contributed by atoms with van der Waals surface area (Å²) in [6, 6.07) is 6.26. The molecule has 1 heterocycles. The molecule has 1 amide bonds. The van der Waals surface area contributed by atoms with Crippen LogP contribution >= 0.6 is 0 Å². The molecule has 0 radical (unpaired) electrons. The number of ether oxygens (including phenoxy) is 1. The van der Waals surface area contributed by atoms with Gasteiger partial charge in [0.25, 0.3) is 0 Å². The third kappa shape index (κ3) is 5.02. The highest BCUT2D eigenvalue weighted by Gasteiger charge is 2.29. The minimum Gasteiger partial charge on any atom is -0.371 e. The molecule has 1 aliphatic heterocycles. The first-order valence-corrected chi connectivity index (χ1v) is 9.52. The molecular weight excluding hydrogens is 319 g/mol. The smallest absolute Gasteiger partial charge is 0.237 e. The number of amides is 1. The fourth-order valence-electron chi connectivity index (χ4n) is 3.85. The van der Waals surface area contributed by atoms with Crippen LogP contribution in [0.15, 0.2) is 24.3 Å². The van der Waals surface area contributed by atoms with Crippen molar-refractivity contribution in [3.8, 4) is 0 Å². The van der Waals surface area contributed by atoms with Crippen LogP contribution in [0.1, 0.15) is 50.7 Å². The zero-order valence-corrected chi connectivity index (χ0v) is 15.0. The van der Waals surface area contributed by atoms with Gasteiger partial charge in [0.1, 0.15) is 5.82 Å². The molecule has 25 heavy (non-hydrogen) atoms. The maximum atomic E-state index is 13.1. The number of halogens is 1. The van der Waals surface area contributed by atoms with Gasteiger partial charge in [-0.1, -0.05) is 31.4 Å². The molecule has 5 heteroatoms. The monoisotopic (exact) mass is 348 g/mol. The average molecular weight is 348 g/mol. The summed E-state index contributed by atoms with van der Waals surface area (Å²) in [5.41, 5.74) is 0.959. The van der Waals surface area contributed by atoms with Crippen LogP contribution in [0, 0.1) is 11.7 Å². The van der Waals surface area contributed by atoms with Gasteiger partial charge in [-0.25, -0.2) is 4.39 Å². The van der Waals surface area contributed by atoms with Crippen molar-refractivity contribution >= 4 is 5.91 Å². The van der Waals surface area contributed by atoms with Gasteiger partial charge in [-0.3, -0.25) is 9.69 Å². The summed E-state index contributed by atoms with van der Waals surface area (Å²) in [7, 11) is 0. The molecule has 1 aromatic carbocycles. The fourth-order valence-corrected chi connectivity index (χ4v) is 3.85. The van der Waals surface area contributed by atoms with Gasteiger partial charge in [0, 0.05) is 19.6 Å². The Kier molecular flexibility index (Phi) is 6.43. The van der Waals surface area contributed by atoms with Crippen molar-refractivity contribution in [3.05, 3.63) is 35.6 Å². The number of carbonyl (C=O) groups excluding carboxylic acids is 1. The summed E-state index contributed by atoms with van der Waals surface area (Å²) in [6.45, 7) is 4.75. The Morgan fingerprint density at radius 3 is 2.72 bits per heavy atom. The minimum absolute atomic E-state index is 0.102. The predicted octanol–water partition coefficient (Wildman–Crippen LogP) is 3.28. The zero-order valence-electron chi connectivity index (χ0n) is 15.0. The Morgan fingerprint density at radius 2 is 2.00 bits per heavy atom. The van der Waals surface area contributed by atoms with Crippen molar-refractivity contribution in [2.24, 2.45) is 5.92 Å². The predicted molar refractivity (Wildman–Crippen MR) is 95.7 cm³/mol. The quantitative estimate of drug-likeness (QED) is 0.888. The van der Waals surface area contributed by atoms with Crippen molar-refractivity contribution in [1.29, 1.82) is 0 Å². The van der Waals surface area contributed by atoms with E-state index in [9.17, 15) is 9.18 Å². The molecule has 0 bridgehead atoms. The zero-order chi connectivity index (χ0) is 17.6. The van der Waals surface area contributed by atoms with E-state index >= 15 is 0 Å². The van der Waals surface area contributed by atoms with Crippen LogP contribution in [0.2, 0.25) is 0 Å². The first-order valence-electron chi connectivity index (χ1n) is 9.52. The van der Waals surface area contributed by atoms with Crippen LogP contribution < -0.4 is 5.32 Å². The Morgan fingerprint density at radius 1 is 1.28 bits per heavy atom. The van der Waals surface area contributed by atoms with E-state index < -0.39 is 0 Å². The van der Waals surface area contributed by atoms with Crippen LogP contribution in [0.3, 0.4) is 0 Å². The van der Waals surface area contributed by atoms with E-state index in [-0.39, 0.29) is 23.9 Å². The highest BCUT2D eigenvalue weighted by Crippen LogP contribution is 2.24. The Labute approximate surface area is 149 Å². The largest absolute Gasteiger partial charge is 0.371 e. The van der Waals surface area contributed by atoms with Gasteiger partial charge in [-0.15, -0.1) is 0 Å². The molecule has 2 unspecified atom stereocenters. The number of benzene rings is 1. The van der Waals surface area contributed by atoms with Gasteiger partial charge in [0.15, 0.2) is 0 Å². The SMILES string of the molecule is CC(C(=O)NCC1CCCCC1)N1CCOC(c2ccc(F)cc2)C1. The third-order valence-corrected chi connectivity index (χ3v) is 5.56. The molecule has 0 aromatic heterocycles. The summed E-state index contributed by atoms with van der Waals surface area (Å²) < 4.78 is 18.9. The normalized spacial score (nSPS) is 24.0. The second-order valence-electron chi connectivity index (χ2n) is 7.33. The van der Waals surface area contributed by atoms with Gasteiger partial charge in [-0.2, -0.15) is 0 Å². The molecule has 1 saturated heterocycles. The third-order valence-electron chi connectivity index (χ3n) is 5.56. The lowest BCUT2D eigenvalue weighted by Crippen LogP contribution is -2.51. The molecule has 0 spiro atoms. The molecule has 1 aliphatic carbocycles. The van der Waals surface area contributed by atoms with Gasteiger partial charge < -0.3 is 10.1 Å². The molecular formula is C20H29FN2O2. The van der Waals surface area contributed by atoms with E-state index in [2.05, 4.69) is 10.2 Å². The number of morpholine rings is 1. The van der Waals surface area contributed by atoms with Gasteiger partial charge in [0.2, 0.25) is 5.91 Å². The first-order chi connectivity index (χ1) is 12.1. The second-order valence-corrected chi connectivity index (χ2v) is 7.33. The molecule has 138 valence electrons. The van der Waals surface area contributed by atoms with Crippen molar-refractivity contribution in [1.82, 2.24) is 10.2 Å². The molecule has 1 N–H and O–H groups in total. The molecule has 2 aliphatic rings. The number of hydrogen-bond donors (Lipinski definition) is 1. The van der Waals surface area contributed by atoms with E-state index in [1.807, 2.05) is 6.92 Å². The van der Waals surface area contributed by atoms with Crippen LogP contribution in [0.25, 0.3) is 0 Å². The summed E-state index contributed by atoms with van der Waals surface area (Å²) in [4.78, 5) is 14.7. The summed E-state index contributed by atoms with van der Waals surface area (Å²) in [5, 5.41) is 3.14. The van der Waals surface area contributed by atoms with Crippen molar-refractivity contribution < 1.29 is 13.9 Å². The van der Waals surface area contributed by atoms with Crippen molar-refractivity contribution in [2.45, 2.75) is 51.2 Å². The Bertz CT molecular complexity index is 557. The lowest BCUT2D eigenvalue weighted by Gasteiger charge is -2.36. The molecule has 2 atom stereocenters. The highest BCUT2D eigenvalue weighted by molar-refractivity contribution is 5.81. The van der Waals surface area contributed by atoms with Crippen LogP contribution in [-0.4, -0.2) is 43.1 Å². The first kappa shape index (κ1) is 18.3. The second kappa shape index (κ2) is 8.77.